The Morgan fingerprint density at radius 1 is 0.900 bits per heavy atom. The highest BCUT2D eigenvalue weighted by Gasteiger charge is 2.10. The summed E-state index contributed by atoms with van der Waals surface area (Å²) in [5.41, 5.74) is 5.26. The maximum atomic E-state index is 13.0. The molecule has 0 aliphatic heterocycles. The van der Waals surface area contributed by atoms with Gasteiger partial charge in [-0.05, 0) is 43.2 Å². The van der Waals surface area contributed by atoms with Crippen molar-refractivity contribution in [2.24, 2.45) is 0 Å². The first-order valence-corrected chi connectivity index (χ1v) is 9.88. The minimum absolute atomic E-state index is 0.159. The van der Waals surface area contributed by atoms with Crippen LogP contribution in [0.15, 0.2) is 77.9 Å². The van der Waals surface area contributed by atoms with Crippen LogP contribution in [-0.4, -0.2) is 15.5 Å². The van der Waals surface area contributed by atoms with Crippen molar-refractivity contribution in [3.8, 4) is 0 Å². The number of rotatable bonds is 5. The third-order valence-corrected chi connectivity index (χ3v) is 5.13. The Bertz CT molecular complexity index is 1260. The van der Waals surface area contributed by atoms with Crippen molar-refractivity contribution in [2.75, 3.05) is 0 Å². The fourth-order valence-electron chi connectivity index (χ4n) is 3.29. The van der Waals surface area contributed by atoms with Gasteiger partial charge in [0.05, 0.1) is 23.8 Å². The molecule has 0 saturated carbocycles. The molecule has 0 atom stereocenters. The van der Waals surface area contributed by atoms with Gasteiger partial charge in [0.25, 0.3) is 11.5 Å². The van der Waals surface area contributed by atoms with Crippen LogP contribution in [0, 0.1) is 13.8 Å². The number of nitrogens with one attached hydrogen (secondary N) is 1. The number of benzene rings is 3. The Labute approximate surface area is 175 Å². The van der Waals surface area contributed by atoms with E-state index in [1.54, 1.807) is 29.1 Å². The molecule has 30 heavy (non-hydrogen) atoms. The average molecular weight is 397 g/mol. The fraction of sp³-hybridized carbons (Fsp3) is 0.160. The first kappa shape index (κ1) is 19.6. The number of carbonyl (C=O) groups is 1. The number of amides is 1. The smallest absolute Gasteiger partial charge is 0.261 e. The van der Waals surface area contributed by atoms with E-state index >= 15 is 0 Å². The van der Waals surface area contributed by atoms with Crippen LogP contribution in [0.4, 0.5) is 0 Å². The SMILES string of the molecule is Cc1ccc(CNC(=O)c2ccc3ncn(Cc4ccc(C)cc4)c(=O)c3c2)cc1. The molecule has 0 bridgehead atoms. The molecule has 0 aliphatic carbocycles. The summed E-state index contributed by atoms with van der Waals surface area (Å²) in [4.78, 5) is 30.0. The molecule has 4 aromatic rings. The monoisotopic (exact) mass is 397 g/mol. The highest BCUT2D eigenvalue weighted by molar-refractivity contribution is 5.97. The standard InChI is InChI=1S/C25H23N3O2/c1-17-3-7-19(8-4-17)14-26-24(29)21-11-12-23-22(13-21)25(30)28(16-27-23)15-20-9-5-18(2)6-10-20/h3-13,16H,14-15H2,1-2H3,(H,26,29). The van der Waals surface area contributed by atoms with Crippen molar-refractivity contribution in [2.45, 2.75) is 26.9 Å². The molecule has 4 rings (SSSR count). The van der Waals surface area contributed by atoms with Crippen molar-refractivity contribution < 1.29 is 4.79 Å². The number of fused-ring (bicyclic) bond motifs is 1. The predicted octanol–water partition coefficient (Wildman–Crippen LogP) is 3.99. The predicted molar refractivity (Wildman–Crippen MR) is 119 cm³/mol. The van der Waals surface area contributed by atoms with Gasteiger partial charge in [-0.1, -0.05) is 59.7 Å². The van der Waals surface area contributed by atoms with E-state index in [4.69, 9.17) is 0 Å². The summed E-state index contributed by atoms with van der Waals surface area (Å²) in [6, 6.07) is 21.1. The molecule has 1 heterocycles. The topological polar surface area (TPSA) is 64.0 Å². The molecule has 1 amide bonds. The lowest BCUT2D eigenvalue weighted by Crippen LogP contribution is -2.24. The Kier molecular flexibility index (Phi) is 5.44. The zero-order chi connectivity index (χ0) is 21.1. The maximum Gasteiger partial charge on any atom is 0.261 e. The van der Waals surface area contributed by atoms with E-state index in [0.717, 1.165) is 11.1 Å². The quantitative estimate of drug-likeness (QED) is 0.554. The second kappa shape index (κ2) is 8.33. The van der Waals surface area contributed by atoms with Crippen LogP contribution in [0.3, 0.4) is 0 Å². The Morgan fingerprint density at radius 3 is 2.20 bits per heavy atom. The number of aryl methyl sites for hydroxylation is 2. The van der Waals surface area contributed by atoms with E-state index in [9.17, 15) is 9.59 Å². The minimum atomic E-state index is -0.217. The molecule has 0 saturated heterocycles. The summed E-state index contributed by atoms with van der Waals surface area (Å²) in [6.07, 6.45) is 1.56. The van der Waals surface area contributed by atoms with Gasteiger partial charge in [0.1, 0.15) is 0 Å². The van der Waals surface area contributed by atoms with Gasteiger partial charge >= 0.3 is 0 Å². The molecule has 5 heteroatoms. The van der Waals surface area contributed by atoms with E-state index in [-0.39, 0.29) is 11.5 Å². The summed E-state index contributed by atoms with van der Waals surface area (Å²) >= 11 is 0. The summed E-state index contributed by atoms with van der Waals surface area (Å²) in [5.74, 6) is -0.217. The molecule has 5 nitrogen and oxygen atoms in total. The fourth-order valence-corrected chi connectivity index (χ4v) is 3.29. The molecular formula is C25H23N3O2. The molecule has 1 aromatic heterocycles. The maximum absolute atomic E-state index is 13.0. The summed E-state index contributed by atoms with van der Waals surface area (Å²) in [5, 5.41) is 3.35. The first-order chi connectivity index (χ1) is 14.5. The van der Waals surface area contributed by atoms with Gasteiger partial charge < -0.3 is 5.32 Å². The molecule has 1 N–H and O–H groups in total. The molecular weight excluding hydrogens is 374 g/mol. The van der Waals surface area contributed by atoms with Crippen LogP contribution in [0.25, 0.3) is 10.9 Å². The zero-order valence-electron chi connectivity index (χ0n) is 17.1. The lowest BCUT2D eigenvalue weighted by Gasteiger charge is -2.09. The zero-order valence-corrected chi connectivity index (χ0v) is 17.1. The van der Waals surface area contributed by atoms with Gasteiger partial charge in [-0.2, -0.15) is 0 Å². The Balaban J connectivity index is 1.56. The number of nitrogens with zero attached hydrogens (tertiary/aromatic N) is 2. The van der Waals surface area contributed by atoms with Crippen molar-refractivity contribution in [1.29, 1.82) is 0 Å². The summed E-state index contributed by atoms with van der Waals surface area (Å²) < 4.78 is 1.57. The van der Waals surface area contributed by atoms with Gasteiger partial charge in [-0.25, -0.2) is 4.98 Å². The van der Waals surface area contributed by atoms with Crippen LogP contribution in [0.1, 0.15) is 32.6 Å². The number of carbonyl (C=O) groups excluding carboxylic acids is 1. The second-order valence-corrected chi connectivity index (χ2v) is 7.56. The second-order valence-electron chi connectivity index (χ2n) is 7.56. The lowest BCUT2D eigenvalue weighted by atomic mass is 10.1. The highest BCUT2D eigenvalue weighted by atomic mass is 16.1. The van der Waals surface area contributed by atoms with Crippen LogP contribution in [0.5, 0.6) is 0 Å². The molecule has 0 unspecified atom stereocenters. The molecule has 0 aliphatic rings. The molecule has 3 aromatic carbocycles. The molecule has 150 valence electrons. The van der Waals surface area contributed by atoms with Crippen molar-refractivity contribution in [3.05, 3.63) is 111 Å². The summed E-state index contributed by atoms with van der Waals surface area (Å²) in [7, 11) is 0. The highest BCUT2D eigenvalue weighted by Crippen LogP contribution is 2.12. The van der Waals surface area contributed by atoms with Crippen molar-refractivity contribution in [3.63, 3.8) is 0 Å². The van der Waals surface area contributed by atoms with Crippen LogP contribution in [-0.2, 0) is 13.1 Å². The Hall–Kier alpha value is -3.73. The average Bonchev–Trinajstić information content (AvgIpc) is 2.76. The van der Waals surface area contributed by atoms with Crippen LogP contribution < -0.4 is 10.9 Å². The first-order valence-electron chi connectivity index (χ1n) is 9.88. The van der Waals surface area contributed by atoms with Crippen molar-refractivity contribution >= 4 is 16.8 Å². The largest absolute Gasteiger partial charge is 0.348 e. The number of hydrogen-bond acceptors (Lipinski definition) is 3. The van der Waals surface area contributed by atoms with Gasteiger partial charge in [-0.3, -0.25) is 14.2 Å². The third-order valence-electron chi connectivity index (χ3n) is 5.13. The third kappa shape index (κ3) is 4.30. The normalized spacial score (nSPS) is 10.9. The van der Waals surface area contributed by atoms with E-state index in [0.29, 0.717) is 29.6 Å². The number of aromatic nitrogens is 2. The molecule has 0 radical (unpaired) electrons. The van der Waals surface area contributed by atoms with Crippen LogP contribution in [0.2, 0.25) is 0 Å². The molecule has 0 fully saturated rings. The molecule has 0 spiro atoms. The van der Waals surface area contributed by atoms with Gasteiger partial charge in [0.2, 0.25) is 0 Å². The van der Waals surface area contributed by atoms with Gasteiger partial charge in [-0.15, -0.1) is 0 Å². The van der Waals surface area contributed by atoms with E-state index < -0.39 is 0 Å². The Morgan fingerprint density at radius 2 is 1.53 bits per heavy atom. The van der Waals surface area contributed by atoms with Crippen LogP contribution >= 0.6 is 0 Å². The van der Waals surface area contributed by atoms with E-state index in [1.807, 2.05) is 62.4 Å². The number of hydrogen-bond donors (Lipinski definition) is 1. The van der Waals surface area contributed by atoms with E-state index in [2.05, 4.69) is 10.3 Å². The lowest BCUT2D eigenvalue weighted by molar-refractivity contribution is 0.0951. The summed E-state index contributed by atoms with van der Waals surface area (Å²) in [6.45, 7) is 4.92. The van der Waals surface area contributed by atoms with E-state index in [1.165, 1.54) is 11.1 Å². The van der Waals surface area contributed by atoms with Gasteiger partial charge in [0, 0.05) is 12.1 Å². The minimum Gasteiger partial charge on any atom is -0.348 e. The van der Waals surface area contributed by atoms with Crippen molar-refractivity contribution in [1.82, 2.24) is 14.9 Å². The van der Waals surface area contributed by atoms with Gasteiger partial charge in [0.15, 0.2) is 0 Å².